The molecule has 1 aromatic heterocycles. The van der Waals surface area contributed by atoms with Crippen molar-refractivity contribution in [2.75, 3.05) is 11.9 Å². The first-order chi connectivity index (χ1) is 14.1. The Kier molecular flexibility index (Phi) is 5.07. The number of hydrogen-bond donors (Lipinski definition) is 2. The molecule has 0 fully saturated rings. The number of anilines is 1. The molecule has 0 spiro atoms. The summed E-state index contributed by atoms with van der Waals surface area (Å²) in [5, 5.41) is 12.7. The van der Waals surface area contributed by atoms with E-state index in [9.17, 15) is 14.7 Å². The van der Waals surface area contributed by atoms with E-state index in [4.69, 9.17) is 11.2 Å². The number of nitrogens with one attached hydrogen (secondary N) is 1. The van der Waals surface area contributed by atoms with E-state index in [1.807, 2.05) is 54.6 Å². The third-order valence-corrected chi connectivity index (χ3v) is 6.06. The van der Waals surface area contributed by atoms with Crippen LogP contribution in [0.25, 0.3) is 11.1 Å². The van der Waals surface area contributed by atoms with Crippen molar-refractivity contribution >= 4 is 28.9 Å². The highest BCUT2D eigenvalue weighted by atomic mass is 32.1. The van der Waals surface area contributed by atoms with Gasteiger partial charge in [0.1, 0.15) is 17.2 Å². The average Bonchev–Trinajstić information content (AvgIpc) is 3.12. The largest absolute Gasteiger partial charge is 0.481 e. The van der Waals surface area contributed by atoms with Gasteiger partial charge in [-0.15, -0.1) is 17.8 Å². The molecule has 0 saturated heterocycles. The molecule has 0 bridgehead atoms. The zero-order valence-electron chi connectivity index (χ0n) is 15.3. The van der Waals surface area contributed by atoms with Crippen molar-refractivity contribution in [1.82, 2.24) is 0 Å². The van der Waals surface area contributed by atoms with Crippen LogP contribution in [0.4, 0.5) is 5.69 Å². The van der Waals surface area contributed by atoms with Crippen molar-refractivity contribution in [3.05, 3.63) is 69.9 Å². The lowest BCUT2D eigenvalue weighted by Gasteiger charge is -2.24. The third kappa shape index (κ3) is 3.60. The zero-order chi connectivity index (χ0) is 20.4. The zero-order valence-corrected chi connectivity index (χ0v) is 16.2. The molecule has 1 amide bonds. The van der Waals surface area contributed by atoms with E-state index in [2.05, 4.69) is 11.2 Å². The minimum absolute atomic E-state index is 0.137. The predicted octanol–water partition coefficient (Wildman–Crippen LogP) is 4.60. The van der Waals surface area contributed by atoms with Gasteiger partial charge in [-0.2, -0.15) is 0 Å². The fraction of sp³-hybridized carbons (Fsp3) is 0.130. The van der Waals surface area contributed by atoms with Gasteiger partial charge in [0.25, 0.3) is 0 Å². The van der Waals surface area contributed by atoms with Gasteiger partial charge in [-0.25, -0.2) is 4.79 Å². The van der Waals surface area contributed by atoms with Crippen LogP contribution in [0.5, 0.6) is 5.75 Å². The first-order valence-electron chi connectivity index (χ1n) is 9.00. The first kappa shape index (κ1) is 18.8. The highest BCUT2D eigenvalue weighted by Crippen LogP contribution is 2.49. The molecule has 1 atom stereocenters. The Bertz CT molecular complexity index is 1110. The Labute approximate surface area is 172 Å². The lowest BCUT2D eigenvalue weighted by Crippen LogP contribution is -2.22. The van der Waals surface area contributed by atoms with E-state index >= 15 is 0 Å². The molecule has 2 N–H and O–H groups in total. The van der Waals surface area contributed by atoms with E-state index in [0.717, 1.165) is 16.0 Å². The Morgan fingerprint density at radius 1 is 1.21 bits per heavy atom. The molecule has 1 aliphatic heterocycles. The van der Waals surface area contributed by atoms with E-state index < -0.39 is 5.97 Å². The van der Waals surface area contributed by atoms with Crippen LogP contribution in [0.3, 0.4) is 0 Å². The Balaban J connectivity index is 1.81. The highest BCUT2D eigenvalue weighted by molar-refractivity contribution is 7.15. The number of hydrogen-bond acceptors (Lipinski definition) is 4. The van der Waals surface area contributed by atoms with Crippen LogP contribution >= 0.6 is 11.3 Å². The molecule has 2 aromatic carbocycles. The van der Waals surface area contributed by atoms with Gasteiger partial charge in [0, 0.05) is 22.8 Å². The minimum atomic E-state index is -1.01. The van der Waals surface area contributed by atoms with Gasteiger partial charge in [0.15, 0.2) is 0 Å². The number of fused-ring (bicyclic) bond motifs is 1. The van der Waals surface area contributed by atoms with Gasteiger partial charge >= 0.3 is 5.97 Å². The number of ether oxygens (including phenoxy) is 1. The summed E-state index contributed by atoms with van der Waals surface area (Å²) in [4.78, 5) is 25.5. The molecule has 144 valence electrons. The van der Waals surface area contributed by atoms with Gasteiger partial charge in [0.2, 0.25) is 5.91 Å². The maximum atomic E-state index is 12.5. The number of aromatic carboxylic acids is 1. The second-order valence-corrected chi connectivity index (χ2v) is 7.64. The SMILES string of the molecule is C#CCOc1ccc(C2CC(=O)Nc3c2sc(C(=O)O)c3-c2ccccc2)cc1. The van der Waals surface area contributed by atoms with Crippen LogP contribution in [-0.4, -0.2) is 23.6 Å². The molecule has 1 unspecified atom stereocenters. The number of terminal acetylenes is 1. The van der Waals surface area contributed by atoms with Crippen LogP contribution in [0, 0.1) is 12.3 Å². The number of carboxylic acids is 1. The Hall–Kier alpha value is -3.56. The molecule has 3 aromatic rings. The number of carbonyl (C=O) groups excluding carboxylic acids is 1. The number of amides is 1. The van der Waals surface area contributed by atoms with Gasteiger partial charge in [-0.3, -0.25) is 4.79 Å². The molecular weight excluding hydrogens is 386 g/mol. The van der Waals surface area contributed by atoms with E-state index in [1.165, 1.54) is 11.3 Å². The van der Waals surface area contributed by atoms with Crippen molar-refractivity contribution < 1.29 is 19.4 Å². The molecule has 0 radical (unpaired) electrons. The maximum Gasteiger partial charge on any atom is 0.346 e. The lowest BCUT2D eigenvalue weighted by molar-refractivity contribution is -0.116. The summed E-state index contributed by atoms with van der Waals surface area (Å²) < 4.78 is 5.41. The molecule has 5 nitrogen and oxygen atoms in total. The van der Waals surface area contributed by atoms with Crippen LogP contribution in [0.1, 0.15) is 32.5 Å². The predicted molar refractivity (Wildman–Crippen MR) is 113 cm³/mol. The summed E-state index contributed by atoms with van der Waals surface area (Å²) in [5.41, 5.74) is 2.84. The summed E-state index contributed by atoms with van der Waals surface area (Å²) in [6.45, 7) is 0.183. The second-order valence-electron chi connectivity index (χ2n) is 6.58. The molecule has 0 saturated carbocycles. The van der Waals surface area contributed by atoms with Crippen LogP contribution in [0.2, 0.25) is 0 Å². The fourth-order valence-electron chi connectivity index (χ4n) is 3.51. The monoisotopic (exact) mass is 403 g/mol. The molecule has 6 heteroatoms. The quantitative estimate of drug-likeness (QED) is 0.611. The highest BCUT2D eigenvalue weighted by Gasteiger charge is 2.34. The summed E-state index contributed by atoms with van der Waals surface area (Å²) in [5.74, 6) is 1.70. The Morgan fingerprint density at radius 2 is 1.93 bits per heavy atom. The van der Waals surface area contributed by atoms with Gasteiger partial charge < -0.3 is 15.2 Å². The maximum absolute atomic E-state index is 12.5. The van der Waals surface area contributed by atoms with Gasteiger partial charge in [0.05, 0.1) is 5.69 Å². The summed E-state index contributed by atoms with van der Waals surface area (Å²) in [7, 11) is 0. The first-order valence-corrected chi connectivity index (χ1v) is 9.81. The van der Waals surface area contributed by atoms with Crippen molar-refractivity contribution in [2.24, 2.45) is 0 Å². The Morgan fingerprint density at radius 3 is 2.59 bits per heavy atom. The normalized spacial score (nSPS) is 15.1. The minimum Gasteiger partial charge on any atom is -0.481 e. The van der Waals surface area contributed by atoms with Crippen molar-refractivity contribution in [1.29, 1.82) is 0 Å². The molecule has 29 heavy (non-hydrogen) atoms. The van der Waals surface area contributed by atoms with Crippen LogP contribution in [-0.2, 0) is 4.79 Å². The summed E-state index contributed by atoms with van der Waals surface area (Å²) in [6.07, 6.45) is 5.47. The van der Waals surface area contributed by atoms with E-state index in [-0.39, 0.29) is 29.7 Å². The molecular formula is C23H17NO4S. The van der Waals surface area contributed by atoms with E-state index in [1.54, 1.807) is 0 Å². The second kappa shape index (κ2) is 7.82. The molecule has 0 aliphatic carbocycles. The van der Waals surface area contributed by atoms with Crippen molar-refractivity contribution in [3.8, 4) is 29.2 Å². The van der Waals surface area contributed by atoms with Crippen LogP contribution < -0.4 is 10.1 Å². The molecule has 1 aliphatic rings. The number of rotatable bonds is 5. The third-order valence-electron chi connectivity index (χ3n) is 4.77. The topological polar surface area (TPSA) is 75.6 Å². The van der Waals surface area contributed by atoms with E-state index in [0.29, 0.717) is 17.0 Å². The average molecular weight is 403 g/mol. The summed E-state index contributed by atoms with van der Waals surface area (Å²) in [6, 6.07) is 16.7. The standard InChI is InChI=1S/C23H17NO4S/c1-2-12-28-16-10-8-14(9-11-16)17-13-18(25)24-20-19(15-6-4-3-5-7-15)22(23(26)27)29-21(17)20/h1,3-11,17H,12-13H2,(H,24,25)(H,26,27). The number of carbonyl (C=O) groups is 2. The smallest absolute Gasteiger partial charge is 0.346 e. The van der Waals surface area contributed by atoms with Gasteiger partial charge in [-0.05, 0) is 23.3 Å². The van der Waals surface area contributed by atoms with Crippen molar-refractivity contribution in [3.63, 3.8) is 0 Å². The lowest BCUT2D eigenvalue weighted by atomic mass is 9.88. The molecule has 4 rings (SSSR count). The number of thiophene rings is 1. The summed E-state index contributed by atoms with van der Waals surface area (Å²) >= 11 is 1.22. The number of carboxylic acid groups (broad SMARTS) is 1. The molecule has 2 heterocycles. The van der Waals surface area contributed by atoms with Crippen LogP contribution in [0.15, 0.2) is 54.6 Å². The number of benzene rings is 2. The fourth-order valence-corrected chi connectivity index (χ4v) is 4.75. The van der Waals surface area contributed by atoms with Gasteiger partial charge in [-0.1, -0.05) is 48.4 Å². The van der Waals surface area contributed by atoms with Crippen molar-refractivity contribution in [2.45, 2.75) is 12.3 Å².